The zero-order valence-electron chi connectivity index (χ0n) is 7.94. The van der Waals surface area contributed by atoms with Gasteiger partial charge in [0.1, 0.15) is 6.26 Å². The summed E-state index contributed by atoms with van der Waals surface area (Å²) >= 11 is 0. The summed E-state index contributed by atoms with van der Waals surface area (Å²) in [7, 11) is 0. The van der Waals surface area contributed by atoms with Gasteiger partial charge in [-0.15, -0.1) is 0 Å². The molecule has 1 aromatic heterocycles. The zero-order valence-corrected chi connectivity index (χ0v) is 7.94. The molecule has 2 rings (SSSR count). The first kappa shape index (κ1) is 9.00. The van der Waals surface area contributed by atoms with Crippen LogP contribution in [0.3, 0.4) is 0 Å². The number of benzene rings is 1. The third kappa shape index (κ3) is 1.84. The van der Waals surface area contributed by atoms with E-state index in [4.69, 9.17) is 4.42 Å². The molecule has 0 aliphatic rings. The molecule has 2 aromatic rings. The third-order valence-electron chi connectivity index (χ3n) is 2.01. The highest BCUT2D eigenvalue weighted by atomic mass is 16.3. The summed E-state index contributed by atoms with van der Waals surface area (Å²) in [6.07, 6.45) is 3.42. The van der Waals surface area contributed by atoms with Gasteiger partial charge in [0.25, 0.3) is 0 Å². The Morgan fingerprint density at radius 1 is 1.21 bits per heavy atom. The maximum absolute atomic E-state index is 5.36. The summed E-state index contributed by atoms with van der Waals surface area (Å²) in [5.74, 6) is 0.689. The van der Waals surface area contributed by atoms with Crippen molar-refractivity contribution >= 4 is 0 Å². The minimum absolute atomic E-state index is 0.689. The lowest BCUT2D eigenvalue weighted by atomic mass is 10.2. The van der Waals surface area contributed by atoms with E-state index in [2.05, 4.69) is 11.9 Å². The van der Waals surface area contributed by atoms with Crippen LogP contribution in [-0.2, 0) is 6.42 Å². The van der Waals surface area contributed by atoms with Gasteiger partial charge in [-0.1, -0.05) is 25.1 Å². The minimum Gasteiger partial charge on any atom is -0.444 e. The number of hydrogen-bond acceptors (Lipinski definition) is 2. The second kappa shape index (κ2) is 4.09. The van der Waals surface area contributed by atoms with E-state index in [1.807, 2.05) is 30.3 Å². The topological polar surface area (TPSA) is 26.0 Å². The third-order valence-corrected chi connectivity index (χ3v) is 2.01. The van der Waals surface area contributed by atoms with E-state index in [0.29, 0.717) is 5.89 Å². The Balaban J connectivity index is 2.25. The van der Waals surface area contributed by atoms with Gasteiger partial charge in [0, 0.05) is 5.56 Å². The minimum atomic E-state index is 0.689. The van der Waals surface area contributed by atoms with Crippen LogP contribution in [0.1, 0.15) is 12.1 Å². The van der Waals surface area contributed by atoms with Gasteiger partial charge < -0.3 is 4.42 Å². The second-order valence-electron chi connectivity index (χ2n) is 3.11. The number of oxazole rings is 1. The van der Waals surface area contributed by atoms with Crippen molar-refractivity contribution in [3.05, 3.63) is 49.2 Å². The van der Waals surface area contributed by atoms with Crippen LogP contribution in [0.2, 0.25) is 0 Å². The van der Waals surface area contributed by atoms with E-state index in [1.165, 1.54) is 0 Å². The lowest BCUT2D eigenvalue weighted by Gasteiger charge is -1.92. The molecule has 0 spiro atoms. The van der Waals surface area contributed by atoms with Crippen molar-refractivity contribution in [2.75, 3.05) is 0 Å². The quantitative estimate of drug-likeness (QED) is 0.736. The van der Waals surface area contributed by atoms with Crippen LogP contribution in [0, 0.1) is 6.92 Å². The Hall–Kier alpha value is -1.57. The smallest absolute Gasteiger partial charge is 0.226 e. The first-order valence-corrected chi connectivity index (χ1v) is 4.69. The van der Waals surface area contributed by atoms with Gasteiger partial charge in [-0.3, -0.25) is 0 Å². The maximum Gasteiger partial charge on any atom is 0.226 e. The molecule has 14 heavy (non-hydrogen) atoms. The van der Waals surface area contributed by atoms with E-state index in [-0.39, 0.29) is 0 Å². The molecule has 0 bridgehead atoms. The molecule has 0 saturated carbocycles. The average Bonchev–Trinajstić information content (AvgIpc) is 2.68. The fourth-order valence-corrected chi connectivity index (χ4v) is 1.32. The van der Waals surface area contributed by atoms with Crippen molar-refractivity contribution in [1.29, 1.82) is 0 Å². The van der Waals surface area contributed by atoms with Gasteiger partial charge in [-0.05, 0) is 25.0 Å². The molecule has 1 aromatic carbocycles. The average molecular weight is 186 g/mol. The van der Waals surface area contributed by atoms with Gasteiger partial charge in [0.05, 0.1) is 5.69 Å². The first-order chi connectivity index (χ1) is 6.90. The molecule has 0 N–H and O–H groups in total. The Kier molecular flexibility index (Phi) is 2.63. The number of aromatic nitrogens is 1. The van der Waals surface area contributed by atoms with Gasteiger partial charge in [-0.2, -0.15) is 0 Å². The van der Waals surface area contributed by atoms with Gasteiger partial charge >= 0.3 is 0 Å². The number of hydrogen-bond donors (Lipinski definition) is 0. The van der Waals surface area contributed by atoms with Crippen LogP contribution in [0.4, 0.5) is 0 Å². The molecule has 0 fully saturated rings. The summed E-state index contributed by atoms with van der Waals surface area (Å²) in [6.45, 7) is 3.78. The van der Waals surface area contributed by atoms with Crippen molar-refractivity contribution in [3.63, 3.8) is 0 Å². The monoisotopic (exact) mass is 186 g/mol. The number of rotatable bonds is 3. The van der Waals surface area contributed by atoms with Gasteiger partial charge in [-0.25, -0.2) is 4.98 Å². The zero-order chi connectivity index (χ0) is 9.80. The Morgan fingerprint density at radius 2 is 2.00 bits per heavy atom. The predicted molar refractivity (Wildman–Crippen MR) is 55.6 cm³/mol. The summed E-state index contributed by atoms with van der Waals surface area (Å²) in [4.78, 5) is 4.36. The predicted octanol–water partition coefficient (Wildman–Crippen LogP) is 3.11. The molecule has 2 nitrogen and oxygen atoms in total. The molecular weight excluding hydrogens is 174 g/mol. The standard InChI is InChI=1S/C12H12NO/c1-2-6-11-9-14-12(13-11)10-7-4-3-5-8-10/h3-5,7-9H,1-2,6H2. The van der Waals surface area contributed by atoms with Crippen LogP contribution in [0.15, 0.2) is 41.0 Å². The van der Waals surface area contributed by atoms with E-state index in [0.717, 1.165) is 24.1 Å². The van der Waals surface area contributed by atoms with E-state index < -0.39 is 0 Å². The molecule has 1 radical (unpaired) electrons. The van der Waals surface area contributed by atoms with Crippen LogP contribution in [-0.4, -0.2) is 4.98 Å². The summed E-state index contributed by atoms with van der Waals surface area (Å²) in [5, 5.41) is 0. The first-order valence-electron chi connectivity index (χ1n) is 4.69. The summed E-state index contributed by atoms with van der Waals surface area (Å²) < 4.78 is 5.36. The van der Waals surface area contributed by atoms with Crippen LogP contribution < -0.4 is 0 Å². The second-order valence-corrected chi connectivity index (χ2v) is 3.11. The summed E-state index contributed by atoms with van der Waals surface area (Å²) in [6, 6.07) is 9.89. The highest BCUT2D eigenvalue weighted by molar-refractivity contribution is 5.52. The maximum atomic E-state index is 5.36. The van der Waals surface area contributed by atoms with Crippen LogP contribution >= 0.6 is 0 Å². The van der Waals surface area contributed by atoms with E-state index >= 15 is 0 Å². The molecule has 2 heteroatoms. The number of nitrogens with zero attached hydrogens (tertiary/aromatic N) is 1. The molecule has 0 aliphatic carbocycles. The SMILES string of the molecule is [CH2]CCc1coc(-c2ccccc2)n1. The van der Waals surface area contributed by atoms with Crippen molar-refractivity contribution in [2.45, 2.75) is 12.8 Å². The molecule has 0 amide bonds. The molecule has 1 heterocycles. The van der Waals surface area contributed by atoms with Crippen molar-refractivity contribution < 1.29 is 4.42 Å². The van der Waals surface area contributed by atoms with Crippen molar-refractivity contribution in [2.24, 2.45) is 0 Å². The molecule has 0 atom stereocenters. The van der Waals surface area contributed by atoms with Crippen molar-refractivity contribution in [1.82, 2.24) is 4.98 Å². The molecule has 0 saturated heterocycles. The highest BCUT2D eigenvalue weighted by Crippen LogP contribution is 2.18. The molecule has 71 valence electrons. The van der Waals surface area contributed by atoms with Crippen LogP contribution in [0.25, 0.3) is 11.5 Å². The fourth-order valence-electron chi connectivity index (χ4n) is 1.32. The Labute approximate surface area is 83.6 Å². The molecule has 0 unspecified atom stereocenters. The van der Waals surface area contributed by atoms with Gasteiger partial charge in [0.15, 0.2) is 0 Å². The normalized spacial score (nSPS) is 10.4. The van der Waals surface area contributed by atoms with Crippen LogP contribution in [0.5, 0.6) is 0 Å². The highest BCUT2D eigenvalue weighted by Gasteiger charge is 2.04. The van der Waals surface area contributed by atoms with E-state index in [9.17, 15) is 0 Å². The molecular formula is C12H12NO. The number of aryl methyl sites for hydroxylation is 1. The lowest BCUT2D eigenvalue weighted by molar-refractivity contribution is 0.572. The summed E-state index contributed by atoms with van der Waals surface area (Å²) in [5.41, 5.74) is 1.99. The lowest BCUT2D eigenvalue weighted by Crippen LogP contribution is -1.82. The Bertz CT molecular complexity index is 392. The van der Waals surface area contributed by atoms with Gasteiger partial charge in [0.2, 0.25) is 5.89 Å². The largest absolute Gasteiger partial charge is 0.444 e. The molecule has 0 aliphatic heterocycles. The Morgan fingerprint density at radius 3 is 2.71 bits per heavy atom. The fraction of sp³-hybridized carbons (Fsp3) is 0.167. The van der Waals surface area contributed by atoms with E-state index in [1.54, 1.807) is 6.26 Å². The van der Waals surface area contributed by atoms with Crippen molar-refractivity contribution in [3.8, 4) is 11.5 Å².